The van der Waals surface area contributed by atoms with Gasteiger partial charge in [-0.1, -0.05) is 6.08 Å². The number of aromatic nitrogens is 4. The highest BCUT2D eigenvalue weighted by molar-refractivity contribution is 6.00. The number of anilines is 1. The first-order valence-corrected chi connectivity index (χ1v) is 10.2. The molecule has 1 saturated heterocycles. The van der Waals surface area contributed by atoms with Gasteiger partial charge in [-0.25, -0.2) is 9.67 Å². The standard InChI is InChI=1S/C21H25N5O2/c27-13-14-5-4-10-25(12-14)18-9-8-17-20(23-18)19-16(11-22-17)21(28)26(24-19)15-6-2-1-3-7-15/h6,8-9,11,14,24,27H,1-5,7,10,12-13H2. The lowest BCUT2D eigenvalue weighted by atomic mass is 9.99. The van der Waals surface area contributed by atoms with Crippen LogP contribution in [0.2, 0.25) is 0 Å². The van der Waals surface area contributed by atoms with Gasteiger partial charge in [0.05, 0.1) is 16.4 Å². The summed E-state index contributed by atoms with van der Waals surface area (Å²) in [5.41, 5.74) is 3.24. The molecule has 0 spiro atoms. The molecule has 5 rings (SSSR count). The predicted octanol–water partition coefficient (Wildman–Crippen LogP) is 2.90. The van der Waals surface area contributed by atoms with E-state index in [0.29, 0.717) is 11.3 Å². The molecule has 0 aromatic carbocycles. The van der Waals surface area contributed by atoms with E-state index in [-0.39, 0.29) is 12.2 Å². The highest BCUT2D eigenvalue weighted by atomic mass is 16.3. The van der Waals surface area contributed by atoms with Crippen molar-refractivity contribution in [1.29, 1.82) is 0 Å². The first-order chi connectivity index (χ1) is 13.7. The van der Waals surface area contributed by atoms with Gasteiger partial charge in [-0.05, 0) is 56.6 Å². The third-order valence-corrected chi connectivity index (χ3v) is 6.01. The van der Waals surface area contributed by atoms with Gasteiger partial charge in [0.2, 0.25) is 0 Å². The number of H-pyrrole nitrogens is 1. The summed E-state index contributed by atoms with van der Waals surface area (Å²) in [6.07, 6.45) is 10.1. The second-order valence-corrected chi connectivity index (χ2v) is 7.91. The number of hydrogen-bond donors (Lipinski definition) is 2. The fourth-order valence-corrected chi connectivity index (χ4v) is 4.44. The minimum Gasteiger partial charge on any atom is -0.396 e. The van der Waals surface area contributed by atoms with E-state index in [2.05, 4.69) is 21.1 Å². The number of rotatable bonds is 3. The molecule has 0 saturated carbocycles. The number of nitrogens with one attached hydrogen (secondary N) is 1. The highest BCUT2D eigenvalue weighted by Gasteiger charge is 2.21. The van der Waals surface area contributed by atoms with Gasteiger partial charge < -0.3 is 10.0 Å². The van der Waals surface area contributed by atoms with Gasteiger partial charge in [0, 0.05) is 31.6 Å². The number of allylic oxidation sites excluding steroid dienone is 2. The third kappa shape index (κ3) is 2.90. The van der Waals surface area contributed by atoms with Crippen molar-refractivity contribution in [2.45, 2.75) is 38.5 Å². The summed E-state index contributed by atoms with van der Waals surface area (Å²) in [5, 5.41) is 13.4. The van der Waals surface area contributed by atoms with Gasteiger partial charge in [0.1, 0.15) is 11.3 Å². The molecule has 1 aliphatic carbocycles. The van der Waals surface area contributed by atoms with Crippen LogP contribution in [0.1, 0.15) is 38.5 Å². The minimum absolute atomic E-state index is 0.0527. The van der Waals surface area contributed by atoms with Crippen molar-refractivity contribution in [1.82, 2.24) is 19.7 Å². The van der Waals surface area contributed by atoms with Crippen LogP contribution in [0, 0.1) is 5.92 Å². The monoisotopic (exact) mass is 379 g/mol. The molecule has 146 valence electrons. The van der Waals surface area contributed by atoms with E-state index in [9.17, 15) is 9.90 Å². The molecule has 7 nitrogen and oxygen atoms in total. The van der Waals surface area contributed by atoms with Crippen LogP contribution in [0.3, 0.4) is 0 Å². The first kappa shape index (κ1) is 17.4. The number of fused-ring (bicyclic) bond motifs is 3. The lowest BCUT2D eigenvalue weighted by Crippen LogP contribution is -2.37. The van der Waals surface area contributed by atoms with Gasteiger partial charge in [-0.3, -0.25) is 14.9 Å². The molecule has 7 heteroatoms. The van der Waals surface area contributed by atoms with Crippen LogP contribution in [0.15, 0.2) is 29.2 Å². The van der Waals surface area contributed by atoms with E-state index in [4.69, 9.17) is 4.98 Å². The largest absolute Gasteiger partial charge is 0.396 e. The van der Waals surface area contributed by atoms with Crippen molar-refractivity contribution in [3.8, 4) is 0 Å². The summed E-state index contributed by atoms with van der Waals surface area (Å²) in [5.74, 6) is 1.17. The zero-order valence-electron chi connectivity index (χ0n) is 15.9. The Morgan fingerprint density at radius 1 is 1.25 bits per heavy atom. The minimum atomic E-state index is -0.0527. The quantitative estimate of drug-likeness (QED) is 0.731. The molecule has 3 aromatic heterocycles. The van der Waals surface area contributed by atoms with Crippen molar-refractivity contribution >= 4 is 33.5 Å². The average molecular weight is 379 g/mol. The lowest BCUT2D eigenvalue weighted by Gasteiger charge is -2.32. The highest BCUT2D eigenvalue weighted by Crippen LogP contribution is 2.27. The van der Waals surface area contributed by atoms with Crippen molar-refractivity contribution in [3.05, 3.63) is 34.8 Å². The van der Waals surface area contributed by atoms with Crippen molar-refractivity contribution < 1.29 is 5.11 Å². The number of aliphatic hydroxyl groups is 1. The fraction of sp³-hybridized carbons (Fsp3) is 0.476. The van der Waals surface area contributed by atoms with E-state index in [0.717, 1.165) is 73.3 Å². The zero-order chi connectivity index (χ0) is 19.1. The molecular formula is C21H25N5O2. The maximum absolute atomic E-state index is 12.9. The van der Waals surface area contributed by atoms with E-state index in [1.807, 2.05) is 12.1 Å². The Hall–Kier alpha value is -2.67. The fourth-order valence-electron chi connectivity index (χ4n) is 4.44. The van der Waals surface area contributed by atoms with Gasteiger partial charge in [0.15, 0.2) is 0 Å². The molecule has 0 amide bonds. The van der Waals surface area contributed by atoms with Gasteiger partial charge in [-0.15, -0.1) is 0 Å². The first-order valence-electron chi connectivity index (χ1n) is 10.2. The van der Waals surface area contributed by atoms with Crippen LogP contribution in [0.4, 0.5) is 5.82 Å². The number of nitrogens with zero attached hydrogens (tertiary/aromatic N) is 4. The molecule has 0 bridgehead atoms. The number of aromatic amines is 1. The summed E-state index contributed by atoms with van der Waals surface area (Å²) < 4.78 is 1.67. The van der Waals surface area contributed by atoms with Crippen LogP contribution in [0.5, 0.6) is 0 Å². The Labute approximate surface area is 162 Å². The van der Waals surface area contributed by atoms with Crippen LogP contribution in [-0.2, 0) is 0 Å². The summed E-state index contributed by atoms with van der Waals surface area (Å²) >= 11 is 0. The van der Waals surface area contributed by atoms with E-state index < -0.39 is 0 Å². The number of aliphatic hydroxyl groups excluding tert-OH is 1. The number of piperidine rings is 1. The second-order valence-electron chi connectivity index (χ2n) is 7.91. The normalized spacial score (nSPS) is 20.7. The summed E-state index contributed by atoms with van der Waals surface area (Å²) in [6.45, 7) is 1.95. The third-order valence-electron chi connectivity index (χ3n) is 6.01. The molecule has 1 atom stereocenters. The molecule has 4 heterocycles. The molecule has 28 heavy (non-hydrogen) atoms. The van der Waals surface area contributed by atoms with Crippen LogP contribution >= 0.6 is 0 Å². The average Bonchev–Trinajstić information content (AvgIpc) is 3.11. The van der Waals surface area contributed by atoms with Gasteiger partial charge >= 0.3 is 0 Å². The predicted molar refractivity (Wildman–Crippen MR) is 110 cm³/mol. The maximum atomic E-state index is 12.9. The molecule has 1 aliphatic heterocycles. The Bertz CT molecular complexity index is 1110. The molecule has 0 radical (unpaired) electrons. The molecule has 1 unspecified atom stereocenters. The number of hydrogen-bond acceptors (Lipinski definition) is 5. The van der Waals surface area contributed by atoms with Crippen molar-refractivity contribution in [2.24, 2.45) is 5.92 Å². The Balaban J connectivity index is 1.62. The topological polar surface area (TPSA) is 87.0 Å². The Kier molecular flexibility index (Phi) is 4.39. The van der Waals surface area contributed by atoms with E-state index in [1.165, 1.54) is 6.42 Å². The van der Waals surface area contributed by atoms with Gasteiger partial charge in [-0.2, -0.15) is 0 Å². The molecular weight excluding hydrogens is 354 g/mol. The SMILES string of the molecule is O=c1c2cnc3ccc(N4CCCC(CO)C4)nc3c2[nH]n1C1=CCCCC1. The molecule has 3 aromatic rings. The molecule has 2 aliphatic rings. The Morgan fingerprint density at radius 3 is 3.00 bits per heavy atom. The number of pyridine rings is 2. The smallest absolute Gasteiger partial charge is 0.280 e. The maximum Gasteiger partial charge on any atom is 0.280 e. The van der Waals surface area contributed by atoms with Gasteiger partial charge in [0.25, 0.3) is 5.56 Å². The van der Waals surface area contributed by atoms with Crippen LogP contribution < -0.4 is 10.5 Å². The second kappa shape index (κ2) is 7.05. The molecule has 1 fully saturated rings. The molecule has 2 N–H and O–H groups in total. The summed E-state index contributed by atoms with van der Waals surface area (Å²) in [6, 6.07) is 3.95. The summed E-state index contributed by atoms with van der Waals surface area (Å²) in [7, 11) is 0. The summed E-state index contributed by atoms with van der Waals surface area (Å²) in [4.78, 5) is 24.5. The van der Waals surface area contributed by atoms with E-state index >= 15 is 0 Å². The lowest BCUT2D eigenvalue weighted by molar-refractivity contribution is 0.208. The Morgan fingerprint density at radius 2 is 2.18 bits per heavy atom. The van der Waals surface area contributed by atoms with Crippen molar-refractivity contribution in [3.63, 3.8) is 0 Å². The van der Waals surface area contributed by atoms with Crippen LogP contribution in [-0.4, -0.2) is 44.6 Å². The zero-order valence-corrected chi connectivity index (χ0v) is 15.9. The van der Waals surface area contributed by atoms with E-state index in [1.54, 1.807) is 10.9 Å². The van der Waals surface area contributed by atoms with Crippen molar-refractivity contribution in [2.75, 3.05) is 24.6 Å². The van der Waals surface area contributed by atoms with Crippen LogP contribution in [0.25, 0.3) is 27.6 Å².